The minimum atomic E-state index is -0.823. The molecule has 6 rings (SSSR count). The Morgan fingerprint density at radius 2 is 0.763 bits per heavy atom. The van der Waals surface area contributed by atoms with Crippen molar-refractivity contribution in [2.24, 2.45) is 0 Å². The van der Waals surface area contributed by atoms with Crippen LogP contribution in [-0.2, 0) is 0 Å². The van der Waals surface area contributed by atoms with Gasteiger partial charge in [-0.05, 0) is 55.7 Å². The van der Waals surface area contributed by atoms with E-state index < -0.39 is 52.1 Å². The van der Waals surface area contributed by atoms with E-state index in [9.17, 15) is 43.2 Å². The molecular formula is C48H60N10O12S6. The third-order valence-corrected chi connectivity index (χ3v) is 16.1. The van der Waals surface area contributed by atoms with E-state index in [1.807, 2.05) is 20.8 Å². The van der Waals surface area contributed by atoms with Crippen molar-refractivity contribution in [2.75, 3.05) is 96.0 Å². The minimum Gasteiger partial charge on any atom is -0.410 e. The van der Waals surface area contributed by atoms with Gasteiger partial charge >= 0.3 is 0 Å². The Morgan fingerprint density at radius 3 is 1.00 bits per heavy atom. The molecule has 410 valence electrons. The summed E-state index contributed by atoms with van der Waals surface area (Å²) in [7, 11) is 0. The van der Waals surface area contributed by atoms with Gasteiger partial charge in [-0.15, -0.1) is 14.2 Å². The monoisotopic (exact) mass is 1160 g/mol. The second-order valence-corrected chi connectivity index (χ2v) is 22.3. The van der Waals surface area contributed by atoms with E-state index in [4.69, 9.17) is 51.2 Å². The standard InChI is InChI=1S/C48H60N10O12S6/c1-4-7-25-68-56-34(13-10-31(43(56)65)40(62)53-22-28-74-46(53)71)37(59)49-16-19-52(20-17-50-38(60)35-14-11-32(41(63)54-23-29-75-47(54)72)44(66)57(35)69-26-8-5-2)21-18-51-39(61)36-15-12-33(42(64)55-24-30-76-48(55)73)45(67)58(36)70-27-9-6-3/h10-15H,4-9,16-30H2,1-3H3,(H,49,59)(H,50,60)(H,51,61). The maximum Gasteiger partial charge on any atom is 0.296 e. The maximum absolute atomic E-state index is 13.8. The van der Waals surface area contributed by atoms with Crippen molar-refractivity contribution in [3.8, 4) is 0 Å². The number of thiocarbonyl (C=S) groups is 3. The van der Waals surface area contributed by atoms with Gasteiger partial charge in [0.1, 0.15) is 66.6 Å². The van der Waals surface area contributed by atoms with Crippen LogP contribution in [0.3, 0.4) is 0 Å². The number of hydrogen-bond donors (Lipinski definition) is 3. The third kappa shape index (κ3) is 14.9. The van der Waals surface area contributed by atoms with E-state index in [1.54, 1.807) is 4.90 Å². The van der Waals surface area contributed by atoms with Gasteiger partial charge in [0.05, 0.1) is 0 Å². The summed E-state index contributed by atoms with van der Waals surface area (Å²) in [4.78, 5) is 146. The molecule has 3 saturated heterocycles. The number of carbonyl (C=O) groups is 6. The van der Waals surface area contributed by atoms with Crippen molar-refractivity contribution < 1.29 is 43.3 Å². The topological polar surface area (TPSA) is 245 Å². The van der Waals surface area contributed by atoms with Crippen molar-refractivity contribution in [3.63, 3.8) is 0 Å². The largest absolute Gasteiger partial charge is 0.410 e. The second kappa shape index (κ2) is 29.2. The van der Waals surface area contributed by atoms with Crippen LogP contribution in [0, 0.1) is 0 Å². The number of amides is 6. The molecule has 22 nitrogen and oxygen atoms in total. The molecule has 0 saturated carbocycles. The zero-order valence-electron chi connectivity index (χ0n) is 42.3. The number of unbranched alkanes of at least 4 members (excludes halogenated alkanes) is 3. The van der Waals surface area contributed by atoms with Crippen LogP contribution in [0.1, 0.15) is 122 Å². The van der Waals surface area contributed by atoms with Crippen LogP contribution in [-0.4, -0.2) is 178 Å². The zero-order valence-corrected chi connectivity index (χ0v) is 47.2. The smallest absolute Gasteiger partial charge is 0.296 e. The summed E-state index contributed by atoms with van der Waals surface area (Å²) < 4.78 is 3.48. The molecule has 3 fully saturated rings. The minimum absolute atomic E-state index is 0.0254. The predicted octanol–water partition coefficient (Wildman–Crippen LogP) is 2.17. The van der Waals surface area contributed by atoms with Gasteiger partial charge in [-0.2, -0.15) is 0 Å². The average Bonchev–Trinajstić information content (AvgIpc) is 4.17. The van der Waals surface area contributed by atoms with Crippen LogP contribution in [0.2, 0.25) is 0 Å². The molecule has 3 N–H and O–H groups in total. The van der Waals surface area contributed by atoms with Crippen LogP contribution in [0.4, 0.5) is 0 Å². The summed E-state index contributed by atoms with van der Waals surface area (Å²) in [6.07, 6.45) is 3.86. The van der Waals surface area contributed by atoms with Crippen molar-refractivity contribution in [2.45, 2.75) is 59.3 Å². The molecule has 0 aromatic carbocycles. The zero-order chi connectivity index (χ0) is 54.9. The Kier molecular flexibility index (Phi) is 22.9. The SMILES string of the molecule is CCCCOn1c(C(=O)NCCN(CCNC(=O)c2ccc(C(=O)N3CCSC3=S)c(=O)n2OCCCC)CCNC(=O)c2ccc(C(=O)N3CCSC3=S)c(=O)n2OCCCC)ccc(C(=O)N2CCSC2=S)c1=O. The summed E-state index contributed by atoms with van der Waals surface area (Å²) in [6.45, 7) is 7.33. The van der Waals surface area contributed by atoms with Gasteiger partial charge in [0.15, 0.2) is 0 Å². The van der Waals surface area contributed by atoms with Crippen LogP contribution >= 0.6 is 71.9 Å². The van der Waals surface area contributed by atoms with Gasteiger partial charge in [0.2, 0.25) is 0 Å². The molecule has 6 amide bonds. The van der Waals surface area contributed by atoms with Crippen LogP contribution in [0.5, 0.6) is 0 Å². The number of rotatable bonds is 27. The Bertz CT molecular complexity index is 2590. The molecule has 0 bridgehead atoms. The lowest BCUT2D eigenvalue weighted by atomic mass is 10.2. The van der Waals surface area contributed by atoms with Gasteiger partial charge in [0.25, 0.3) is 52.1 Å². The van der Waals surface area contributed by atoms with Gasteiger partial charge in [-0.25, -0.2) is 0 Å². The summed E-state index contributed by atoms with van der Waals surface area (Å²) in [6, 6.07) is 7.79. The lowest BCUT2D eigenvalue weighted by molar-refractivity contribution is 0.0729. The molecular weight excluding hydrogens is 1100 g/mol. The molecule has 3 aliphatic heterocycles. The van der Waals surface area contributed by atoms with Gasteiger partial charge in [-0.3, -0.25) is 62.8 Å². The summed E-state index contributed by atoms with van der Waals surface area (Å²) in [5, 5.41) is 8.38. The van der Waals surface area contributed by atoms with Crippen molar-refractivity contribution in [1.82, 2.24) is 49.7 Å². The highest BCUT2D eigenvalue weighted by molar-refractivity contribution is 8.24. The van der Waals surface area contributed by atoms with Crippen molar-refractivity contribution in [1.29, 1.82) is 0 Å². The number of thioether (sulfide) groups is 3. The fourth-order valence-electron chi connectivity index (χ4n) is 7.60. The van der Waals surface area contributed by atoms with E-state index in [0.29, 0.717) is 69.1 Å². The van der Waals surface area contributed by atoms with E-state index in [1.165, 1.54) is 86.4 Å². The summed E-state index contributed by atoms with van der Waals surface area (Å²) in [5.74, 6) is -2.11. The Labute approximate surface area is 467 Å². The predicted molar refractivity (Wildman–Crippen MR) is 303 cm³/mol. The average molecular weight is 1160 g/mol. The van der Waals surface area contributed by atoms with Gasteiger partial charge in [-0.1, -0.05) is 112 Å². The molecule has 0 aliphatic carbocycles. The Hall–Kier alpha value is -5.65. The quantitative estimate of drug-likeness (QED) is 0.0732. The number of aromatic nitrogens is 3. The first kappa shape index (κ1) is 59.6. The molecule has 0 radical (unpaired) electrons. The lowest BCUT2D eigenvalue weighted by Crippen LogP contribution is -2.45. The number of pyridine rings is 3. The summed E-state index contributed by atoms with van der Waals surface area (Å²) in [5.41, 5.74) is -3.60. The number of carbonyl (C=O) groups excluding carboxylic acids is 6. The molecule has 3 aliphatic rings. The maximum atomic E-state index is 13.8. The molecule has 0 atom stereocenters. The van der Waals surface area contributed by atoms with Crippen LogP contribution < -0.4 is 47.1 Å². The highest BCUT2D eigenvalue weighted by Crippen LogP contribution is 2.22. The van der Waals surface area contributed by atoms with Gasteiger partial charge < -0.3 is 30.5 Å². The third-order valence-electron chi connectivity index (χ3n) is 11.8. The van der Waals surface area contributed by atoms with E-state index in [0.717, 1.165) is 33.5 Å². The fraction of sp³-hybridized carbons (Fsp3) is 0.500. The normalized spacial score (nSPS) is 14.4. The highest BCUT2D eigenvalue weighted by atomic mass is 32.2. The molecule has 3 aromatic rings. The number of nitrogens with one attached hydrogen (secondary N) is 3. The first-order valence-corrected chi connectivity index (χ1v) is 29.0. The molecule has 0 spiro atoms. The first-order valence-electron chi connectivity index (χ1n) is 24.8. The van der Waals surface area contributed by atoms with E-state index in [-0.39, 0.29) is 92.9 Å². The van der Waals surface area contributed by atoms with Crippen molar-refractivity contribution >= 4 is 120 Å². The highest BCUT2D eigenvalue weighted by Gasteiger charge is 2.32. The van der Waals surface area contributed by atoms with Gasteiger partial charge in [0, 0.05) is 76.2 Å². The molecule has 6 heterocycles. The Morgan fingerprint density at radius 1 is 0.487 bits per heavy atom. The Balaban J connectivity index is 1.20. The van der Waals surface area contributed by atoms with Crippen molar-refractivity contribution in [3.05, 3.63) is 101 Å². The second-order valence-electron chi connectivity index (χ2n) is 17.1. The molecule has 76 heavy (non-hydrogen) atoms. The van der Waals surface area contributed by atoms with Crippen LogP contribution in [0.15, 0.2) is 50.8 Å². The molecule has 3 aromatic heterocycles. The fourth-order valence-corrected chi connectivity index (χ4v) is 11.2. The first-order chi connectivity index (χ1) is 36.6. The van der Waals surface area contributed by atoms with E-state index in [2.05, 4.69) is 16.0 Å². The lowest BCUT2D eigenvalue weighted by Gasteiger charge is -2.24. The van der Waals surface area contributed by atoms with Crippen LogP contribution in [0.25, 0.3) is 0 Å². The number of nitrogens with zero attached hydrogens (tertiary/aromatic N) is 7. The number of hydrogen-bond acceptors (Lipinski definition) is 19. The summed E-state index contributed by atoms with van der Waals surface area (Å²) >= 11 is 19.9. The molecule has 0 unspecified atom stereocenters. The van der Waals surface area contributed by atoms with E-state index >= 15 is 0 Å². The molecule has 28 heteroatoms.